The summed E-state index contributed by atoms with van der Waals surface area (Å²) in [6, 6.07) is 6.21. The van der Waals surface area contributed by atoms with E-state index in [-0.39, 0.29) is 35.8 Å². The molecular weight excluding hydrogens is 633 g/mol. The first-order valence-corrected chi connectivity index (χ1v) is 15.5. The number of hydrogen-bond donors (Lipinski definition) is 3. The number of ether oxygens (including phenoxy) is 3. The molecule has 48 heavy (non-hydrogen) atoms. The minimum atomic E-state index is -3.76. The number of rotatable bonds is 8. The highest BCUT2D eigenvalue weighted by molar-refractivity contribution is 6.16. The van der Waals surface area contributed by atoms with E-state index in [0.717, 1.165) is 12.8 Å². The van der Waals surface area contributed by atoms with E-state index >= 15 is 4.39 Å². The second kappa shape index (κ2) is 11.4. The number of aliphatic imine (C=N–C) groups is 1. The van der Waals surface area contributed by atoms with Crippen molar-refractivity contribution in [2.75, 3.05) is 25.1 Å². The molecule has 2 fully saturated rings. The van der Waals surface area contributed by atoms with Gasteiger partial charge in [0.05, 0.1) is 6.61 Å². The van der Waals surface area contributed by atoms with Gasteiger partial charge in [0, 0.05) is 59.5 Å². The highest BCUT2D eigenvalue weighted by Gasteiger charge is 2.50. The number of anilines is 1. The van der Waals surface area contributed by atoms with E-state index in [9.17, 15) is 23.5 Å². The largest absolute Gasteiger partial charge is 0.586 e. The number of carbonyl (C=O) groups is 2. The lowest BCUT2D eigenvalue weighted by Crippen LogP contribution is -2.49. The standard InChI is InChI=1S/C33H33F3N6O6/c1-15-24(16(2)39-30(38-15)26(43)28(37)44)18-12-21(34)20(14-46-3)22(13-18)42-10-8-32(9-11-42)31(45)40-29(41-32)19-6-7-23-27(25(19)17-4-5-17)48-33(35,36)47-23/h6-7,12-13,17,26,43H,4-5,8-11,14H2,1-3H3,(H2,37,44)(H,40,41,45). The number of primary amides is 1. The summed E-state index contributed by atoms with van der Waals surface area (Å²) in [5.74, 6) is -1.69. The smallest absolute Gasteiger partial charge is 0.395 e. The Morgan fingerprint density at radius 1 is 1.17 bits per heavy atom. The molecule has 0 radical (unpaired) electrons. The number of nitrogens with one attached hydrogen (secondary N) is 1. The van der Waals surface area contributed by atoms with E-state index < -0.39 is 29.7 Å². The molecule has 3 aliphatic heterocycles. The van der Waals surface area contributed by atoms with Gasteiger partial charge in [-0.3, -0.25) is 14.6 Å². The zero-order valence-corrected chi connectivity index (χ0v) is 26.4. The quantitative estimate of drug-likeness (QED) is 0.326. The van der Waals surface area contributed by atoms with E-state index in [2.05, 4.69) is 20.0 Å². The van der Waals surface area contributed by atoms with Crippen LogP contribution in [0.5, 0.6) is 11.5 Å². The van der Waals surface area contributed by atoms with Crippen LogP contribution in [0.4, 0.5) is 18.9 Å². The number of aryl methyl sites for hydroxylation is 2. The van der Waals surface area contributed by atoms with Gasteiger partial charge >= 0.3 is 6.29 Å². The molecule has 1 saturated carbocycles. The lowest BCUT2D eigenvalue weighted by atomic mass is 9.87. The second-order valence-corrected chi connectivity index (χ2v) is 12.6. The molecule has 1 atom stereocenters. The van der Waals surface area contributed by atoms with Crippen LogP contribution in [-0.2, 0) is 20.9 Å². The van der Waals surface area contributed by atoms with Gasteiger partial charge in [0.1, 0.15) is 17.2 Å². The van der Waals surface area contributed by atoms with Gasteiger partial charge in [-0.2, -0.15) is 0 Å². The Hall–Kier alpha value is -4.76. The van der Waals surface area contributed by atoms with Crippen molar-refractivity contribution in [3.8, 4) is 22.6 Å². The van der Waals surface area contributed by atoms with E-state index in [1.54, 1.807) is 19.9 Å². The number of hydrogen-bond acceptors (Lipinski definition) is 10. The summed E-state index contributed by atoms with van der Waals surface area (Å²) in [5, 5.41) is 13.0. The summed E-state index contributed by atoms with van der Waals surface area (Å²) in [6.07, 6.45) is -3.24. The average Bonchev–Trinajstić information content (AvgIpc) is 3.75. The highest BCUT2D eigenvalue weighted by atomic mass is 19.3. The topological polar surface area (TPSA) is 161 Å². The first kappa shape index (κ1) is 31.8. The Kier molecular flexibility index (Phi) is 7.58. The SMILES string of the molecule is COCc1c(F)cc(-c2c(C)nc(C(O)C(N)=O)nc2C)cc1N1CCC2(CC1)N=C(c1ccc3c(c1C1CC1)OC(F)(F)O3)NC2=O. The predicted molar refractivity (Wildman–Crippen MR) is 165 cm³/mol. The Morgan fingerprint density at radius 3 is 2.48 bits per heavy atom. The number of aliphatic hydroxyl groups excluding tert-OH is 1. The summed E-state index contributed by atoms with van der Waals surface area (Å²) < 4.78 is 58.5. The van der Waals surface area contributed by atoms with Crippen LogP contribution in [0.1, 0.15) is 71.6 Å². The minimum Gasteiger partial charge on any atom is -0.395 e. The van der Waals surface area contributed by atoms with Gasteiger partial charge in [0.25, 0.3) is 11.8 Å². The number of methoxy groups -OCH3 is 1. The molecule has 7 rings (SSSR count). The first-order valence-electron chi connectivity index (χ1n) is 15.5. The van der Waals surface area contributed by atoms with Crippen LogP contribution < -0.4 is 25.4 Å². The maximum Gasteiger partial charge on any atom is 0.586 e. The van der Waals surface area contributed by atoms with Crippen molar-refractivity contribution in [2.24, 2.45) is 10.7 Å². The zero-order chi connectivity index (χ0) is 34.1. The number of aliphatic hydroxyl groups is 1. The van der Waals surface area contributed by atoms with E-state index in [1.165, 1.54) is 19.2 Å². The fraction of sp³-hybridized carbons (Fsp3) is 0.424. The first-order chi connectivity index (χ1) is 22.8. The molecule has 1 saturated heterocycles. The number of aromatic nitrogens is 2. The normalized spacial score (nSPS) is 19.8. The molecule has 15 heteroatoms. The predicted octanol–water partition coefficient (Wildman–Crippen LogP) is 3.68. The fourth-order valence-corrected chi connectivity index (χ4v) is 6.86. The van der Waals surface area contributed by atoms with E-state index in [1.807, 2.05) is 11.0 Å². The van der Waals surface area contributed by atoms with Crippen LogP contribution in [0.3, 0.4) is 0 Å². The minimum absolute atomic E-state index is 0.00279. The number of fused-ring (bicyclic) bond motifs is 1. The van der Waals surface area contributed by atoms with Crippen molar-refractivity contribution in [2.45, 2.75) is 70.0 Å². The summed E-state index contributed by atoms with van der Waals surface area (Å²) in [4.78, 5) is 40.4. The van der Waals surface area contributed by atoms with Gasteiger partial charge in [-0.05, 0) is 75.3 Å². The highest BCUT2D eigenvalue weighted by Crippen LogP contribution is 2.53. The van der Waals surface area contributed by atoms with Crippen LogP contribution >= 0.6 is 0 Å². The van der Waals surface area contributed by atoms with Gasteiger partial charge < -0.3 is 35.3 Å². The maximum absolute atomic E-state index is 15.8. The van der Waals surface area contributed by atoms with Crippen LogP contribution in [0, 0.1) is 19.7 Å². The molecule has 4 aliphatic rings. The van der Waals surface area contributed by atoms with Crippen molar-refractivity contribution < 1.29 is 42.1 Å². The molecule has 12 nitrogen and oxygen atoms in total. The molecule has 0 bridgehead atoms. The third-order valence-corrected chi connectivity index (χ3v) is 9.31. The fourth-order valence-electron chi connectivity index (χ4n) is 6.86. The molecule has 2 amide bonds. The number of amides is 2. The van der Waals surface area contributed by atoms with Crippen molar-refractivity contribution in [1.82, 2.24) is 15.3 Å². The Morgan fingerprint density at radius 2 is 1.85 bits per heavy atom. The number of nitrogens with zero attached hydrogens (tertiary/aromatic N) is 4. The molecule has 2 aromatic carbocycles. The number of alkyl halides is 2. The molecule has 3 aromatic rings. The van der Waals surface area contributed by atoms with Gasteiger partial charge in [0.2, 0.25) is 0 Å². The average molecular weight is 667 g/mol. The Labute approximate surface area is 273 Å². The Balaban J connectivity index is 1.19. The van der Waals surface area contributed by atoms with Gasteiger partial charge in [0.15, 0.2) is 23.4 Å². The molecule has 4 N–H and O–H groups in total. The maximum atomic E-state index is 15.8. The monoisotopic (exact) mass is 666 g/mol. The van der Waals surface area contributed by atoms with E-state index in [4.69, 9.17) is 20.2 Å². The van der Waals surface area contributed by atoms with Crippen molar-refractivity contribution in [3.05, 3.63) is 64.0 Å². The van der Waals surface area contributed by atoms with Gasteiger partial charge in [-0.25, -0.2) is 14.4 Å². The third-order valence-electron chi connectivity index (χ3n) is 9.31. The van der Waals surface area contributed by atoms with Crippen LogP contribution in [0.15, 0.2) is 29.3 Å². The summed E-state index contributed by atoms with van der Waals surface area (Å²) >= 11 is 0. The number of amidine groups is 1. The summed E-state index contributed by atoms with van der Waals surface area (Å²) in [5.41, 5.74) is 7.97. The summed E-state index contributed by atoms with van der Waals surface area (Å²) in [7, 11) is 1.47. The van der Waals surface area contributed by atoms with Crippen molar-refractivity contribution in [1.29, 1.82) is 0 Å². The third kappa shape index (κ3) is 5.40. The number of benzene rings is 2. The molecular formula is C33H33F3N6O6. The van der Waals surface area contributed by atoms with Crippen molar-refractivity contribution in [3.63, 3.8) is 0 Å². The van der Waals surface area contributed by atoms with Gasteiger partial charge in [-0.1, -0.05) is 0 Å². The van der Waals surface area contributed by atoms with E-state index in [0.29, 0.717) is 76.7 Å². The molecule has 1 unspecified atom stereocenters. The molecule has 4 heterocycles. The van der Waals surface area contributed by atoms with Gasteiger partial charge in [-0.15, -0.1) is 8.78 Å². The lowest BCUT2D eigenvalue weighted by Gasteiger charge is -2.38. The number of carbonyl (C=O) groups excluding carboxylic acids is 2. The van der Waals surface area contributed by atoms with Crippen molar-refractivity contribution >= 4 is 23.3 Å². The number of piperidine rings is 1. The summed E-state index contributed by atoms with van der Waals surface area (Å²) in [6.45, 7) is 4.04. The number of halogens is 3. The number of nitrogens with two attached hydrogens (primary N) is 1. The molecule has 1 aliphatic carbocycles. The lowest BCUT2D eigenvalue weighted by molar-refractivity contribution is -0.286. The second-order valence-electron chi connectivity index (χ2n) is 12.6. The molecule has 1 spiro atoms. The van der Waals surface area contributed by atoms with Crippen LogP contribution in [-0.4, -0.2) is 64.8 Å². The molecule has 1 aromatic heterocycles. The van der Waals surface area contributed by atoms with Crippen LogP contribution in [0.25, 0.3) is 11.1 Å². The van der Waals surface area contributed by atoms with Crippen LogP contribution in [0.2, 0.25) is 0 Å². The zero-order valence-electron chi connectivity index (χ0n) is 26.4. The molecule has 252 valence electrons. The Bertz CT molecular complexity index is 1870.